The molecule has 0 spiro atoms. The molecule has 3 saturated carbocycles. The summed E-state index contributed by atoms with van der Waals surface area (Å²) in [4.78, 5) is 0. The third-order valence-electron chi connectivity index (χ3n) is 4.39. The molecule has 16 heavy (non-hydrogen) atoms. The molecular weight excluding hydrogens is 201 g/mol. The van der Waals surface area contributed by atoms with E-state index in [9.17, 15) is 4.39 Å². The molecule has 0 amide bonds. The van der Waals surface area contributed by atoms with Gasteiger partial charge in [-0.2, -0.15) is 0 Å². The molecule has 1 N–H and O–H groups in total. The van der Waals surface area contributed by atoms with Crippen LogP contribution in [0.25, 0.3) is 0 Å². The van der Waals surface area contributed by atoms with Crippen LogP contribution in [0.15, 0.2) is 18.2 Å². The first-order valence-corrected chi connectivity index (χ1v) is 6.01. The summed E-state index contributed by atoms with van der Waals surface area (Å²) in [7, 11) is 2.00. The summed E-state index contributed by atoms with van der Waals surface area (Å²) in [6, 6.07) is 5.52. The molecule has 0 radical (unpaired) electrons. The molecule has 0 heterocycles. The van der Waals surface area contributed by atoms with E-state index in [1.54, 1.807) is 6.07 Å². The van der Waals surface area contributed by atoms with Crippen LogP contribution in [0, 0.1) is 18.2 Å². The average molecular weight is 219 g/mol. The van der Waals surface area contributed by atoms with Crippen molar-refractivity contribution >= 4 is 0 Å². The third kappa shape index (κ3) is 1.20. The monoisotopic (exact) mass is 219 g/mol. The van der Waals surface area contributed by atoms with Crippen LogP contribution in [0.2, 0.25) is 0 Å². The Morgan fingerprint density at radius 1 is 1.31 bits per heavy atom. The zero-order valence-electron chi connectivity index (χ0n) is 9.94. The van der Waals surface area contributed by atoms with E-state index in [-0.39, 0.29) is 11.2 Å². The van der Waals surface area contributed by atoms with Gasteiger partial charge in [-0.1, -0.05) is 17.7 Å². The summed E-state index contributed by atoms with van der Waals surface area (Å²) >= 11 is 0. The van der Waals surface area contributed by atoms with Crippen LogP contribution in [0.4, 0.5) is 4.39 Å². The second kappa shape index (κ2) is 3.07. The minimum Gasteiger partial charge on any atom is -0.319 e. The van der Waals surface area contributed by atoms with Crippen molar-refractivity contribution in [3.8, 4) is 0 Å². The summed E-state index contributed by atoms with van der Waals surface area (Å²) in [5.74, 6) is -0.0108. The Morgan fingerprint density at radius 3 is 2.62 bits per heavy atom. The fourth-order valence-corrected chi connectivity index (χ4v) is 3.89. The summed E-state index contributed by atoms with van der Waals surface area (Å²) in [5.41, 5.74) is 2.81. The predicted octanol–water partition coefficient (Wildman–Crippen LogP) is 2.78. The van der Waals surface area contributed by atoms with Gasteiger partial charge in [-0.15, -0.1) is 0 Å². The van der Waals surface area contributed by atoms with Crippen LogP contribution in [0.5, 0.6) is 0 Å². The molecule has 1 nitrogen and oxygen atoms in total. The van der Waals surface area contributed by atoms with Crippen molar-refractivity contribution < 1.29 is 4.39 Å². The predicted molar refractivity (Wildman–Crippen MR) is 63.0 cm³/mol. The van der Waals surface area contributed by atoms with Gasteiger partial charge in [-0.3, -0.25) is 0 Å². The summed E-state index contributed by atoms with van der Waals surface area (Å²) < 4.78 is 13.8. The zero-order valence-corrected chi connectivity index (χ0v) is 9.94. The Morgan fingerprint density at radius 2 is 2.00 bits per heavy atom. The maximum atomic E-state index is 13.8. The van der Waals surface area contributed by atoms with Crippen molar-refractivity contribution in [2.45, 2.75) is 31.6 Å². The molecule has 0 aromatic heterocycles. The Balaban J connectivity index is 1.84. The number of hydrogen-bond acceptors (Lipinski definition) is 1. The van der Waals surface area contributed by atoms with E-state index in [1.165, 1.54) is 24.8 Å². The number of rotatable bonds is 3. The SMILES string of the molecule is CNCC12CC(c3cc(C)ccc3F)(C1)C2. The molecule has 0 saturated heterocycles. The van der Waals surface area contributed by atoms with Crippen LogP contribution in [-0.4, -0.2) is 13.6 Å². The highest BCUT2D eigenvalue weighted by Gasteiger charge is 2.68. The minimum absolute atomic E-state index is 0.0108. The molecule has 1 aromatic rings. The maximum absolute atomic E-state index is 13.8. The number of halogens is 1. The van der Waals surface area contributed by atoms with Crippen LogP contribution >= 0.6 is 0 Å². The first-order chi connectivity index (χ1) is 7.59. The molecule has 3 aliphatic carbocycles. The quantitative estimate of drug-likeness (QED) is 0.824. The largest absolute Gasteiger partial charge is 0.319 e. The topological polar surface area (TPSA) is 12.0 Å². The Hall–Kier alpha value is -0.890. The molecule has 2 bridgehead atoms. The number of nitrogens with one attached hydrogen (secondary N) is 1. The highest BCUT2D eigenvalue weighted by atomic mass is 19.1. The van der Waals surface area contributed by atoms with Gasteiger partial charge in [0.15, 0.2) is 0 Å². The van der Waals surface area contributed by atoms with Crippen LogP contribution in [0.1, 0.15) is 30.4 Å². The summed E-state index contributed by atoms with van der Waals surface area (Å²) in [6.45, 7) is 3.12. The molecule has 2 heteroatoms. The lowest BCUT2D eigenvalue weighted by Crippen LogP contribution is -2.67. The zero-order chi connectivity index (χ0) is 11.4. The van der Waals surface area contributed by atoms with E-state index in [1.807, 2.05) is 26.1 Å². The second-order valence-corrected chi connectivity index (χ2v) is 5.82. The Kier molecular flexibility index (Phi) is 1.97. The molecule has 0 atom stereocenters. The summed E-state index contributed by atoms with van der Waals surface area (Å²) in [5, 5.41) is 3.25. The van der Waals surface area contributed by atoms with Gasteiger partial charge in [0.2, 0.25) is 0 Å². The number of hydrogen-bond donors (Lipinski definition) is 1. The first kappa shape index (κ1) is 10.3. The highest BCUT2D eigenvalue weighted by Crippen LogP contribution is 2.73. The van der Waals surface area contributed by atoms with Crippen molar-refractivity contribution in [1.82, 2.24) is 5.32 Å². The maximum Gasteiger partial charge on any atom is 0.126 e. The lowest BCUT2D eigenvalue weighted by molar-refractivity contribution is -0.138. The van der Waals surface area contributed by atoms with Gasteiger partial charge in [0.25, 0.3) is 0 Å². The molecule has 3 fully saturated rings. The van der Waals surface area contributed by atoms with Gasteiger partial charge >= 0.3 is 0 Å². The molecule has 0 unspecified atom stereocenters. The van der Waals surface area contributed by atoms with Crippen LogP contribution in [0.3, 0.4) is 0 Å². The molecule has 0 aliphatic heterocycles. The fourth-order valence-electron chi connectivity index (χ4n) is 3.89. The van der Waals surface area contributed by atoms with Gasteiger partial charge in [-0.25, -0.2) is 4.39 Å². The van der Waals surface area contributed by atoms with E-state index in [4.69, 9.17) is 0 Å². The van der Waals surface area contributed by atoms with E-state index in [0.29, 0.717) is 5.41 Å². The van der Waals surface area contributed by atoms with Crippen molar-refractivity contribution in [3.05, 3.63) is 35.1 Å². The highest BCUT2D eigenvalue weighted by molar-refractivity contribution is 5.41. The van der Waals surface area contributed by atoms with Gasteiger partial charge in [-0.05, 0) is 55.7 Å². The van der Waals surface area contributed by atoms with E-state index >= 15 is 0 Å². The van der Waals surface area contributed by atoms with E-state index < -0.39 is 0 Å². The van der Waals surface area contributed by atoms with Gasteiger partial charge in [0, 0.05) is 6.54 Å². The van der Waals surface area contributed by atoms with Crippen molar-refractivity contribution in [1.29, 1.82) is 0 Å². The van der Waals surface area contributed by atoms with Crippen molar-refractivity contribution in [2.75, 3.05) is 13.6 Å². The third-order valence-corrected chi connectivity index (χ3v) is 4.39. The standard InChI is InChI=1S/C14H18FN/c1-10-3-4-12(15)11(5-10)14-6-13(7-14,8-14)9-16-2/h3-5,16H,6-9H2,1-2H3. The molecule has 1 aromatic carbocycles. The number of aryl methyl sites for hydroxylation is 1. The Bertz CT molecular complexity index is 419. The van der Waals surface area contributed by atoms with E-state index in [2.05, 4.69) is 5.32 Å². The molecular formula is C14H18FN. The molecule has 86 valence electrons. The smallest absolute Gasteiger partial charge is 0.126 e. The minimum atomic E-state index is -0.0108. The lowest BCUT2D eigenvalue weighted by atomic mass is 9.33. The lowest BCUT2D eigenvalue weighted by Gasteiger charge is -2.71. The van der Waals surface area contributed by atoms with Crippen molar-refractivity contribution in [2.24, 2.45) is 5.41 Å². The fraction of sp³-hybridized carbons (Fsp3) is 0.571. The van der Waals surface area contributed by atoms with Crippen LogP contribution in [-0.2, 0) is 5.41 Å². The van der Waals surface area contributed by atoms with E-state index in [0.717, 1.165) is 12.1 Å². The van der Waals surface area contributed by atoms with Gasteiger partial charge < -0.3 is 5.32 Å². The first-order valence-electron chi connectivity index (χ1n) is 6.01. The molecule has 3 aliphatic rings. The normalized spacial score (nSPS) is 35.4. The van der Waals surface area contributed by atoms with Gasteiger partial charge in [0.05, 0.1) is 0 Å². The average Bonchev–Trinajstić information content (AvgIpc) is 2.13. The second-order valence-electron chi connectivity index (χ2n) is 5.82. The molecule has 4 rings (SSSR count). The van der Waals surface area contributed by atoms with Crippen molar-refractivity contribution in [3.63, 3.8) is 0 Å². The number of benzene rings is 1. The van der Waals surface area contributed by atoms with Crippen LogP contribution < -0.4 is 5.32 Å². The van der Waals surface area contributed by atoms with Gasteiger partial charge in [0.1, 0.15) is 5.82 Å². The Labute approximate surface area is 96.1 Å². The summed E-state index contributed by atoms with van der Waals surface area (Å²) in [6.07, 6.45) is 3.50.